The minimum absolute atomic E-state index is 0.168. The van der Waals surface area contributed by atoms with Gasteiger partial charge < -0.3 is 5.11 Å². The van der Waals surface area contributed by atoms with Crippen molar-refractivity contribution in [2.45, 2.75) is 6.42 Å². The molecule has 3 aromatic rings. The molecule has 0 spiro atoms. The Balaban J connectivity index is 2.20. The average Bonchev–Trinajstić information content (AvgIpc) is 2.56. The van der Waals surface area contributed by atoms with Gasteiger partial charge in [0.2, 0.25) is 0 Å². The molecule has 0 aliphatic rings. The molecule has 1 N–H and O–H groups in total. The second kappa shape index (κ2) is 6.38. The Hall–Kier alpha value is -2.38. The highest BCUT2D eigenvalue weighted by Gasteiger charge is 2.08. The van der Waals surface area contributed by atoms with E-state index in [1.54, 1.807) is 0 Å². The third kappa shape index (κ3) is 2.88. The maximum atomic E-state index is 9.18. The van der Waals surface area contributed by atoms with Crippen LogP contribution in [0.2, 0.25) is 0 Å². The highest BCUT2D eigenvalue weighted by atomic mass is 16.2. The number of rotatable bonds is 4. The number of aliphatic hydroxyl groups excluding tert-OH is 1. The van der Waals surface area contributed by atoms with Crippen LogP contribution in [0.15, 0.2) is 78.9 Å². The van der Waals surface area contributed by atoms with Crippen molar-refractivity contribution in [3.05, 3.63) is 90.0 Å². The fourth-order valence-corrected chi connectivity index (χ4v) is 2.67. The van der Waals surface area contributed by atoms with Gasteiger partial charge in [0.15, 0.2) is 0 Å². The molecule has 0 saturated carbocycles. The summed E-state index contributed by atoms with van der Waals surface area (Å²) >= 11 is 0. The Morgan fingerprint density at radius 2 is 1.52 bits per heavy atom. The number of fused-ring (bicyclic) bond motifs is 1. The van der Waals surface area contributed by atoms with E-state index < -0.39 is 0 Å². The van der Waals surface area contributed by atoms with E-state index in [1.807, 2.05) is 18.2 Å². The molecule has 0 atom stereocenters. The number of aliphatic hydroxyl groups is 1. The Morgan fingerprint density at radius 3 is 2.33 bits per heavy atom. The van der Waals surface area contributed by atoms with Gasteiger partial charge in [-0.15, -0.1) is 0 Å². The number of hydrogen-bond acceptors (Lipinski definition) is 1. The Labute approximate surface area is 125 Å². The molecule has 0 aliphatic carbocycles. The summed E-state index contributed by atoms with van der Waals surface area (Å²) in [6, 6.07) is 25.1. The summed E-state index contributed by atoms with van der Waals surface area (Å²) in [7, 11) is 0. The third-order valence-corrected chi connectivity index (χ3v) is 3.64. The van der Waals surface area contributed by atoms with Crippen LogP contribution in [-0.2, 0) is 0 Å². The zero-order valence-electron chi connectivity index (χ0n) is 11.9. The van der Waals surface area contributed by atoms with E-state index in [1.165, 1.54) is 27.5 Å². The number of benzene rings is 3. The topological polar surface area (TPSA) is 20.2 Å². The SMILES string of the molecule is OCCC=C(c1ccccc1)c1cccc2ccccc12. The first kappa shape index (κ1) is 13.6. The maximum absolute atomic E-state index is 9.18. The van der Waals surface area contributed by atoms with Crippen molar-refractivity contribution in [1.29, 1.82) is 0 Å². The smallest absolute Gasteiger partial charge is 0.0465 e. The van der Waals surface area contributed by atoms with Crippen molar-refractivity contribution in [3.63, 3.8) is 0 Å². The lowest BCUT2D eigenvalue weighted by Crippen LogP contribution is -1.91. The van der Waals surface area contributed by atoms with Crippen LogP contribution < -0.4 is 0 Å². The van der Waals surface area contributed by atoms with Gasteiger partial charge in [-0.3, -0.25) is 0 Å². The van der Waals surface area contributed by atoms with Crippen molar-refractivity contribution >= 4 is 16.3 Å². The second-order valence-electron chi connectivity index (χ2n) is 5.02. The molecule has 0 unspecified atom stereocenters. The summed E-state index contributed by atoms with van der Waals surface area (Å²) in [5, 5.41) is 11.7. The molecule has 0 radical (unpaired) electrons. The van der Waals surface area contributed by atoms with Crippen LogP contribution in [0.5, 0.6) is 0 Å². The lowest BCUT2D eigenvalue weighted by molar-refractivity contribution is 0.303. The lowest BCUT2D eigenvalue weighted by Gasteiger charge is -2.12. The van der Waals surface area contributed by atoms with Crippen LogP contribution in [-0.4, -0.2) is 11.7 Å². The predicted octanol–water partition coefficient (Wildman–Crippen LogP) is 4.65. The normalized spacial score (nSPS) is 11.8. The van der Waals surface area contributed by atoms with E-state index in [-0.39, 0.29) is 6.61 Å². The van der Waals surface area contributed by atoms with Crippen molar-refractivity contribution in [1.82, 2.24) is 0 Å². The average molecular weight is 274 g/mol. The largest absolute Gasteiger partial charge is 0.396 e. The summed E-state index contributed by atoms with van der Waals surface area (Å²) in [5.74, 6) is 0. The standard InChI is InChI=1S/C20H18O/c21-15-7-14-19(16-8-2-1-3-9-16)20-13-6-11-17-10-4-5-12-18(17)20/h1-6,8-14,21H,7,15H2. The van der Waals surface area contributed by atoms with Gasteiger partial charge in [-0.2, -0.15) is 0 Å². The van der Waals surface area contributed by atoms with E-state index in [0.717, 1.165) is 0 Å². The first-order valence-corrected chi connectivity index (χ1v) is 7.25. The zero-order chi connectivity index (χ0) is 14.5. The highest BCUT2D eigenvalue weighted by molar-refractivity contribution is 5.97. The highest BCUT2D eigenvalue weighted by Crippen LogP contribution is 2.30. The van der Waals surface area contributed by atoms with Gasteiger partial charge in [0, 0.05) is 6.61 Å². The van der Waals surface area contributed by atoms with Gasteiger partial charge in [-0.1, -0.05) is 78.9 Å². The minimum Gasteiger partial charge on any atom is -0.396 e. The van der Waals surface area contributed by atoms with Crippen molar-refractivity contribution in [2.24, 2.45) is 0 Å². The van der Waals surface area contributed by atoms with Gasteiger partial charge in [0.1, 0.15) is 0 Å². The molecule has 3 aromatic carbocycles. The molecular weight excluding hydrogens is 256 g/mol. The van der Waals surface area contributed by atoms with E-state index in [9.17, 15) is 5.11 Å². The summed E-state index contributed by atoms with van der Waals surface area (Å²) in [4.78, 5) is 0. The van der Waals surface area contributed by atoms with Crippen LogP contribution in [0, 0.1) is 0 Å². The first-order chi connectivity index (χ1) is 10.4. The molecule has 3 rings (SSSR count). The fourth-order valence-electron chi connectivity index (χ4n) is 2.67. The fraction of sp³-hybridized carbons (Fsp3) is 0.100. The van der Waals surface area contributed by atoms with Gasteiger partial charge >= 0.3 is 0 Å². The Kier molecular flexibility index (Phi) is 4.13. The minimum atomic E-state index is 0.168. The molecule has 0 heterocycles. The molecule has 1 heteroatoms. The molecule has 0 bridgehead atoms. The molecule has 0 aliphatic heterocycles. The third-order valence-electron chi connectivity index (χ3n) is 3.64. The molecule has 0 fully saturated rings. The van der Waals surface area contributed by atoms with Crippen LogP contribution in [0.4, 0.5) is 0 Å². The van der Waals surface area contributed by atoms with Gasteiger partial charge in [0.25, 0.3) is 0 Å². The summed E-state index contributed by atoms with van der Waals surface area (Å²) < 4.78 is 0. The molecule has 21 heavy (non-hydrogen) atoms. The first-order valence-electron chi connectivity index (χ1n) is 7.25. The van der Waals surface area contributed by atoms with Crippen molar-refractivity contribution in [2.75, 3.05) is 6.61 Å². The van der Waals surface area contributed by atoms with Gasteiger partial charge in [0.05, 0.1) is 0 Å². The van der Waals surface area contributed by atoms with Crippen LogP contribution >= 0.6 is 0 Å². The summed E-state index contributed by atoms with van der Waals surface area (Å²) in [5.41, 5.74) is 3.58. The van der Waals surface area contributed by atoms with E-state index in [2.05, 4.69) is 60.7 Å². The molecule has 104 valence electrons. The molecular formula is C20H18O. The summed E-state index contributed by atoms with van der Waals surface area (Å²) in [6.45, 7) is 0.168. The quantitative estimate of drug-likeness (QED) is 0.734. The van der Waals surface area contributed by atoms with E-state index in [4.69, 9.17) is 0 Å². The van der Waals surface area contributed by atoms with Crippen LogP contribution in [0.3, 0.4) is 0 Å². The van der Waals surface area contributed by atoms with E-state index >= 15 is 0 Å². The lowest BCUT2D eigenvalue weighted by atomic mass is 9.92. The second-order valence-corrected chi connectivity index (χ2v) is 5.02. The van der Waals surface area contributed by atoms with Gasteiger partial charge in [-0.25, -0.2) is 0 Å². The predicted molar refractivity (Wildman–Crippen MR) is 89.2 cm³/mol. The monoisotopic (exact) mass is 274 g/mol. The Morgan fingerprint density at radius 1 is 0.810 bits per heavy atom. The van der Waals surface area contributed by atoms with Crippen molar-refractivity contribution in [3.8, 4) is 0 Å². The number of hydrogen-bond donors (Lipinski definition) is 1. The summed E-state index contributed by atoms with van der Waals surface area (Å²) in [6.07, 6.45) is 2.78. The van der Waals surface area contributed by atoms with Crippen molar-refractivity contribution < 1.29 is 5.11 Å². The molecule has 0 aromatic heterocycles. The van der Waals surface area contributed by atoms with Gasteiger partial charge in [-0.05, 0) is 33.9 Å². The molecule has 0 saturated heterocycles. The molecule has 0 amide bonds. The van der Waals surface area contributed by atoms with E-state index in [0.29, 0.717) is 6.42 Å². The Bertz CT molecular complexity index is 752. The van der Waals surface area contributed by atoms with Crippen LogP contribution in [0.25, 0.3) is 16.3 Å². The molecule has 1 nitrogen and oxygen atoms in total. The maximum Gasteiger partial charge on any atom is 0.0465 e. The zero-order valence-corrected chi connectivity index (χ0v) is 11.9. The van der Waals surface area contributed by atoms with Crippen LogP contribution in [0.1, 0.15) is 17.5 Å².